The summed E-state index contributed by atoms with van der Waals surface area (Å²) in [5.41, 5.74) is 1.44. The molecule has 1 aliphatic rings. The second-order valence-electron chi connectivity index (χ2n) is 9.64. The molecule has 1 aliphatic carbocycles. The molecular weight excluding hydrogens is 379 g/mol. The van der Waals surface area contributed by atoms with Crippen LogP contribution in [-0.4, -0.2) is 18.4 Å². The first kappa shape index (κ1) is 26.1. The number of hydrogen-bond donors (Lipinski definition) is 0. The van der Waals surface area contributed by atoms with Gasteiger partial charge < -0.3 is 4.74 Å². The normalized spacial score (nSPS) is 17.4. The van der Waals surface area contributed by atoms with Crippen molar-refractivity contribution >= 4 is 11.8 Å². The number of carbonyl (C=O) groups excluding carboxylic acids is 2. The SMILES string of the molecule is CC#CCC(C)(C)C/C=C(/C)CC/C(C)=C(/F)CC(C(=O)OCC)C(=O)C1(C)CC1. The maximum atomic E-state index is 14.9. The molecule has 1 fully saturated rings. The van der Waals surface area contributed by atoms with Gasteiger partial charge in [0.25, 0.3) is 0 Å². The number of ketones is 1. The van der Waals surface area contributed by atoms with Crippen LogP contribution in [0.15, 0.2) is 23.0 Å². The minimum absolute atomic E-state index is 0.118. The Bertz CT molecular complexity index is 742. The summed E-state index contributed by atoms with van der Waals surface area (Å²) in [5, 5.41) is 0. The molecule has 0 aromatic carbocycles. The maximum absolute atomic E-state index is 14.9. The predicted octanol–water partition coefficient (Wildman–Crippen LogP) is 6.72. The van der Waals surface area contributed by atoms with Gasteiger partial charge in [-0.2, -0.15) is 0 Å². The van der Waals surface area contributed by atoms with Crippen molar-refractivity contribution in [3.63, 3.8) is 0 Å². The van der Waals surface area contributed by atoms with E-state index in [0.717, 1.165) is 32.1 Å². The fourth-order valence-electron chi connectivity index (χ4n) is 3.21. The molecule has 0 aromatic rings. The van der Waals surface area contributed by atoms with E-state index in [4.69, 9.17) is 4.74 Å². The number of halogens is 1. The molecule has 168 valence electrons. The highest BCUT2D eigenvalue weighted by atomic mass is 19.1. The zero-order chi connectivity index (χ0) is 22.9. The van der Waals surface area contributed by atoms with Crippen molar-refractivity contribution in [2.75, 3.05) is 6.61 Å². The highest BCUT2D eigenvalue weighted by molar-refractivity contribution is 6.03. The summed E-state index contributed by atoms with van der Waals surface area (Å²) < 4.78 is 19.9. The highest BCUT2D eigenvalue weighted by Crippen LogP contribution is 2.48. The van der Waals surface area contributed by atoms with Crippen LogP contribution in [0.4, 0.5) is 4.39 Å². The molecule has 1 unspecified atom stereocenters. The topological polar surface area (TPSA) is 43.4 Å². The van der Waals surface area contributed by atoms with E-state index in [-0.39, 0.29) is 30.1 Å². The lowest BCUT2D eigenvalue weighted by molar-refractivity contribution is -0.153. The van der Waals surface area contributed by atoms with E-state index in [1.807, 2.05) is 13.8 Å². The quantitative estimate of drug-likeness (QED) is 0.153. The van der Waals surface area contributed by atoms with Gasteiger partial charge in [0.05, 0.1) is 6.61 Å². The van der Waals surface area contributed by atoms with Gasteiger partial charge >= 0.3 is 5.97 Å². The van der Waals surface area contributed by atoms with Crippen molar-refractivity contribution in [1.29, 1.82) is 0 Å². The summed E-state index contributed by atoms with van der Waals surface area (Å²) in [6.45, 7) is 13.8. The lowest BCUT2D eigenvalue weighted by Crippen LogP contribution is -2.31. The smallest absolute Gasteiger partial charge is 0.316 e. The van der Waals surface area contributed by atoms with E-state index in [9.17, 15) is 14.0 Å². The Morgan fingerprint density at radius 2 is 1.87 bits per heavy atom. The Balaban J connectivity index is 2.73. The lowest BCUT2D eigenvalue weighted by Gasteiger charge is -2.20. The van der Waals surface area contributed by atoms with Gasteiger partial charge in [-0.1, -0.05) is 32.4 Å². The van der Waals surface area contributed by atoms with Crippen molar-refractivity contribution in [2.24, 2.45) is 16.7 Å². The van der Waals surface area contributed by atoms with Gasteiger partial charge in [-0.3, -0.25) is 9.59 Å². The first-order valence-electron chi connectivity index (χ1n) is 11.1. The molecule has 0 radical (unpaired) electrons. The number of allylic oxidation sites excluding steroid dienone is 4. The van der Waals surface area contributed by atoms with Gasteiger partial charge in [-0.25, -0.2) is 4.39 Å². The van der Waals surface area contributed by atoms with Crippen LogP contribution in [0.2, 0.25) is 0 Å². The fraction of sp³-hybridized carbons (Fsp3) is 0.692. The van der Waals surface area contributed by atoms with Gasteiger partial charge in [0.2, 0.25) is 0 Å². The van der Waals surface area contributed by atoms with E-state index < -0.39 is 17.3 Å². The van der Waals surface area contributed by atoms with Crippen LogP contribution in [0, 0.1) is 28.6 Å². The van der Waals surface area contributed by atoms with Crippen molar-refractivity contribution in [1.82, 2.24) is 0 Å². The van der Waals surface area contributed by atoms with Crippen molar-refractivity contribution < 1.29 is 18.7 Å². The molecule has 0 amide bonds. The summed E-state index contributed by atoms with van der Waals surface area (Å²) in [7, 11) is 0. The van der Waals surface area contributed by atoms with Gasteiger partial charge in [0.1, 0.15) is 11.7 Å². The molecule has 0 heterocycles. The van der Waals surface area contributed by atoms with E-state index in [0.29, 0.717) is 12.0 Å². The van der Waals surface area contributed by atoms with E-state index in [1.165, 1.54) is 5.57 Å². The molecule has 0 N–H and O–H groups in total. The van der Waals surface area contributed by atoms with Crippen LogP contribution >= 0.6 is 0 Å². The Kier molecular flexibility index (Phi) is 10.0. The van der Waals surface area contributed by atoms with Gasteiger partial charge in [0, 0.05) is 18.3 Å². The number of Topliss-reactive ketones (excluding diaryl/α,β-unsaturated/α-hetero) is 1. The van der Waals surface area contributed by atoms with Crippen LogP contribution in [-0.2, 0) is 14.3 Å². The number of ether oxygens (including phenoxy) is 1. The Morgan fingerprint density at radius 1 is 1.23 bits per heavy atom. The molecule has 0 saturated heterocycles. The minimum atomic E-state index is -1.04. The number of esters is 1. The van der Waals surface area contributed by atoms with Crippen molar-refractivity contribution in [3.8, 4) is 11.8 Å². The average molecular weight is 419 g/mol. The van der Waals surface area contributed by atoms with Gasteiger partial charge in [0.15, 0.2) is 5.78 Å². The number of hydrogen-bond acceptors (Lipinski definition) is 3. The first-order valence-corrected chi connectivity index (χ1v) is 11.1. The lowest BCUT2D eigenvalue weighted by atomic mass is 9.85. The van der Waals surface area contributed by atoms with Crippen LogP contribution in [0.5, 0.6) is 0 Å². The average Bonchev–Trinajstić information content (AvgIpc) is 3.45. The molecule has 0 spiro atoms. The highest BCUT2D eigenvalue weighted by Gasteiger charge is 2.49. The molecule has 1 rings (SSSR count). The molecule has 1 saturated carbocycles. The van der Waals surface area contributed by atoms with E-state index >= 15 is 0 Å². The molecule has 4 heteroatoms. The van der Waals surface area contributed by atoms with E-state index in [1.54, 1.807) is 13.8 Å². The molecule has 1 atom stereocenters. The fourth-order valence-corrected chi connectivity index (χ4v) is 3.21. The largest absolute Gasteiger partial charge is 0.465 e. The van der Waals surface area contributed by atoms with E-state index in [2.05, 4.69) is 38.7 Å². The molecule has 0 bridgehead atoms. The monoisotopic (exact) mass is 418 g/mol. The molecule has 0 aromatic heterocycles. The Labute approximate surface area is 182 Å². The summed E-state index contributed by atoms with van der Waals surface area (Å²) in [6, 6.07) is 0. The molecule has 3 nitrogen and oxygen atoms in total. The zero-order valence-electron chi connectivity index (χ0n) is 19.9. The second-order valence-corrected chi connectivity index (χ2v) is 9.64. The van der Waals surface area contributed by atoms with Gasteiger partial charge in [-0.05, 0) is 70.8 Å². The minimum Gasteiger partial charge on any atom is -0.465 e. The molecule has 30 heavy (non-hydrogen) atoms. The Hall–Kier alpha value is -1.89. The van der Waals surface area contributed by atoms with Crippen molar-refractivity contribution in [3.05, 3.63) is 23.0 Å². The van der Waals surface area contributed by atoms with Crippen LogP contribution in [0.1, 0.15) is 93.4 Å². The Morgan fingerprint density at radius 3 is 2.40 bits per heavy atom. The summed E-state index contributed by atoms with van der Waals surface area (Å²) in [4.78, 5) is 25.0. The van der Waals surface area contributed by atoms with Crippen molar-refractivity contribution in [2.45, 2.75) is 93.4 Å². The third-order valence-electron chi connectivity index (χ3n) is 5.97. The number of carbonyl (C=O) groups is 2. The zero-order valence-corrected chi connectivity index (χ0v) is 19.9. The summed E-state index contributed by atoms with van der Waals surface area (Å²) >= 11 is 0. The molecule has 0 aliphatic heterocycles. The maximum Gasteiger partial charge on any atom is 0.316 e. The van der Waals surface area contributed by atoms with Crippen LogP contribution < -0.4 is 0 Å². The van der Waals surface area contributed by atoms with Gasteiger partial charge in [-0.15, -0.1) is 11.8 Å². The second kappa shape index (κ2) is 11.5. The predicted molar refractivity (Wildman–Crippen MR) is 120 cm³/mol. The van der Waals surface area contributed by atoms with Crippen LogP contribution in [0.25, 0.3) is 0 Å². The number of rotatable bonds is 12. The molecular formula is C26H39FO3. The third-order valence-corrected chi connectivity index (χ3v) is 5.97. The summed E-state index contributed by atoms with van der Waals surface area (Å²) in [6.07, 6.45) is 6.65. The summed E-state index contributed by atoms with van der Waals surface area (Å²) in [5.74, 6) is 3.89. The first-order chi connectivity index (χ1) is 14.0. The van der Waals surface area contributed by atoms with Crippen LogP contribution in [0.3, 0.4) is 0 Å². The third kappa shape index (κ3) is 8.46. The standard InChI is InChI=1S/C26H39FO3/c1-8-10-14-25(5,6)15-13-19(3)11-12-20(4)22(27)18-21(24(29)30-9-2)23(28)26(7)16-17-26/h13,21H,9,11-12,14-18H2,1-7H3/b19-13-,22-20+.